The number of fused-ring (bicyclic) bond motifs is 1. The maximum atomic E-state index is 6.16. The van der Waals surface area contributed by atoms with Crippen molar-refractivity contribution >= 4 is 0 Å². The van der Waals surface area contributed by atoms with E-state index in [-0.39, 0.29) is 6.04 Å². The van der Waals surface area contributed by atoms with Gasteiger partial charge in [-0.15, -0.1) is 0 Å². The van der Waals surface area contributed by atoms with Gasteiger partial charge in [0.1, 0.15) is 18.1 Å². The third kappa shape index (κ3) is 2.56. The summed E-state index contributed by atoms with van der Waals surface area (Å²) in [4.78, 5) is 0. The van der Waals surface area contributed by atoms with Gasteiger partial charge >= 0.3 is 0 Å². The minimum absolute atomic E-state index is 0.00396. The van der Waals surface area contributed by atoms with Crippen molar-refractivity contribution in [3.8, 4) is 11.5 Å². The molecule has 3 rings (SSSR count). The normalized spacial score (nSPS) is 17.4. The van der Waals surface area contributed by atoms with E-state index in [0.29, 0.717) is 13.2 Å². The minimum atomic E-state index is -0.00396. The molecule has 1 aliphatic rings. The average molecular weight is 255 g/mol. The van der Waals surface area contributed by atoms with E-state index in [2.05, 4.69) is 0 Å². The van der Waals surface area contributed by atoms with Crippen molar-refractivity contribution < 1.29 is 9.47 Å². The summed E-state index contributed by atoms with van der Waals surface area (Å²) in [6.45, 7) is 1.22. The van der Waals surface area contributed by atoms with E-state index in [1.807, 2.05) is 48.5 Å². The molecule has 0 unspecified atom stereocenters. The maximum Gasteiger partial charge on any atom is 0.128 e. The quantitative estimate of drug-likeness (QED) is 0.916. The number of hydrogen-bond acceptors (Lipinski definition) is 3. The average Bonchev–Trinajstić information content (AvgIpc) is 2.46. The van der Waals surface area contributed by atoms with E-state index < -0.39 is 0 Å². The van der Waals surface area contributed by atoms with Crippen LogP contribution in [0.2, 0.25) is 0 Å². The van der Waals surface area contributed by atoms with Crippen molar-refractivity contribution in [3.05, 3.63) is 59.7 Å². The molecule has 1 atom stereocenters. The molecule has 1 aliphatic heterocycles. The second-order valence-electron chi connectivity index (χ2n) is 4.69. The standard InChI is InChI=1S/C16H17NO2/c17-13-9-10-18-14-7-4-8-15(16(13)14)19-11-12-5-2-1-3-6-12/h1-8,13H,9-11,17H2/t13-/m1/s1. The van der Waals surface area contributed by atoms with Crippen LogP contribution in [0.4, 0.5) is 0 Å². The zero-order valence-electron chi connectivity index (χ0n) is 10.7. The molecular weight excluding hydrogens is 238 g/mol. The summed E-state index contributed by atoms with van der Waals surface area (Å²) in [6.07, 6.45) is 0.832. The van der Waals surface area contributed by atoms with Crippen molar-refractivity contribution in [2.75, 3.05) is 6.61 Å². The molecule has 3 heteroatoms. The molecule has 2 aromatic rings. The fraction of sp³-hybridized carbons (Fsp3) is 0.250. The minimum Gasteiger partial charge on any atom is -0.493 e. The van der Waals surface area contributed by atoms with Crippen molar-refractivity contribution in [2.45, 2.75) is 19.1 Å². The molecule has 0 saturated heterocycles. The fourth-order valence-corrected chi connectivity index (χ4v) is 2.32. The zero-order valence-corrected chi connectivity index (χ0v) is 10.7. The third-order valence-electron chi connectivity index (χ3n) is 3.32. The molecule has 2 N–H and O–H groups in total. The van der Waals surface area contributed by atoms with Crippen molar-refractivity contribution in [3.63, 3.8) is 0 Å². The molecule has 0 fully saturated rings. The Morgan fingerprint density at radius 2 is 1.95 bits per heavy atom. The highest BCUT2D eigenvalue weighted by atomic mass is 16.5. The molecule has 0 amide bonds. The van der Waals surface area contributed by atoms with Crippen LogP contribution < -0.4 is 15.2 Å². The summed E-state index contributed by atoms with van der Waals surface area (Å²) in [6, 6.07) is 15.9. The highest BCUT2D eigenvalue weighted by molar-refractivity contribution is 5.47. The summed E-state index contributed by atoms with van der Waals surface area (Å²) in [5.74, 6) is 1.68. The van der Waals surface area contributed by atoms with Crippen LogP contribution >= 0.6 is 0 Å². The Labute approximate surface area is 113 Å². The lowest BCUT2D eigenvalue weighted by Gasteiger charge is -2.25. The smallest absolute Gasteiger partial charge is 0.128 e. The summed E-state index contributed by atoms with van der Waals surface area (Å²) in [5.41, 5.74) is 8.29. The lowest BCUT2D eigenvalue weighted by Crippen LogP contribution is -2.21. The van der Waals surface area contributed by atoms with Gasteiger partial charge in [0.05, 0.1) is 12.2 Å². The van der Waals surface area contributed by atoms with E-state index >= 15 is 0 Å². The molecule has 0 saturated carbocycles. The van der Waals surface area contributed by atoms with Crippen LogP contribution in [-0.2, 0) is 6.61 Å². The lowest BCUT2D eigenvalue weighted by molar-refractivity contribution is 0.251. The molecule has 2 aromatic carbocycles. The van der Waals surface area contributed by atoms with Crippen LogP contribution in [0.1, 0.15) is 23.6 Å². The van der Waals surface area contributed by atoms with Crippen LogP contribution in [0.5, 0.6) is 11.5 Å². The molecular formula is C16H17NO2. The van der Waals surface area contributed by atoms with Gasteiger partial charge in [0, 0.05) is 12.5 Å². The van der Waals surface area contributed by atoms with Gasteiger partial charge in [0.25, 0.3) is 0 Å². The van der Waals surface area contributed by atoms with Gasteiger partial charge < -0.3 is 15.2 Å². The number of rotatable bonds is 3. The van der Waals surface area contributed by atoms with E-state index in [4.69, 9.17) is 15.2 Å². The van der Waals surface area contributed by atoms with Crippen LogP contribution in [0, 0.1) is 0 Å². The summed E-state index contributed by atoms with van der Waals surface area (Å²) in [5, 5.41) is 0. The third-order valence-corrected chi connectivity index (χ3v) is 3.32. The molecule has 19 heavy (non-hydrogen) atoms. The second kappa shape index (κ2) is 5.33. The van der Waals surface area contributed by atoms with E-state index in [1.165, 1.54) is 0 Å². The van der Waals surface area contributed by atoms with Crippen LogP contribution in [-0.4, -0.2) is 6.61 Å². The lowest BCUT2D eigenvalue weighted by atomic mass is 10.0. The maximum absolute atomic E-state index is 6.16. The molecule has 3 nitrogen and oxygen atoms in total. The molecule has 98 valence electrons. The Morgan fingerprint density at radius 1 is 1.11 bits per heavy atom. The Kier molecular flexibility index (Phi) is 3.38. The van der Waals surface area contributed by atoms with Gasteiger partial charge in [0.2, 0.25) is 0 Å². The van der Waals surface area contributed by atoms with Crippen LogP contribution in [0.15, 0.2) is 48.5 Å². The monoisotopic (exact) mass is 255 g/mol. The van der Waals surface area contributed by atoms with Crippen molar-refractivity contribution in [1.82, 2.24) is 0 Å². The highest BCUT2D eigenvalue weighted by Gasteiger charge is 2.22. The van der Waals surface area contributed by atoms with Crippen LogP contribution in [0.25, 0.3) is 0 Å². The predicted molar refractivity (Wildman–Crippen MR) is 74.3 cm³/mol. The number of hydrogen-bond donors (Lipinski definition) is 1. The molecule has 0 aromatic heterocycles. The van der Waals surface area contributed by atoms with Crippen LogP contribution in [0.3, 0.4) is 0 Å². The van der Waals surface area contributed by atoms with Crippen molar-refractivity contribution in [1.29, 1.82) is 0 Å². The van der Waals surface area contributed by atoms with E-state index in [1.54, 1.807) is 0 Å². The Balaban J connectivity index is 1.82. The zero-order chi connectivity index (χ0) is 13.1. The van der Waals surface area contributed by atoms with Gasteiger partial charge in [-0.05, 0) is 17.7 Å². The SMILES string of the molecule is N[C@@H]1CCOc2cccc(OCc3ccccc3)c21. The number of ether oxygens (including phenoxy) is 2. The van der Waals surface area contributed by atoms with Gasteiger partial charge in [-0.25, -0.2) is 0 Å². The topological polar surface area (TPSA) is 44.5 Å². The van der Waals surface area contributed by atoms with Crippen molar-refractivity contribution in [2.24, 2.45) is 5.73 Å². The molecule has 0 spiro atoms. The Bertz CT molecular complexity index is 554. The summed E-state index contributed by atoms with van der Waals surface area (Å²) >= 11 is 0. The van der Waals surface area contributed by atoms with Gasteiger partial charge in [-0.3, -0.25) is 0 Å². The number of benzene rings is 2. The summed E-state index contributed by atoms with van der Waals surface area (Å²) < 4.78 is 11.5. The molecule has 1 heterocycles. The van der Waals surface area contributed by atoms with E-state index in [9.17, 15) is 0 Å². The second-order valence-corrected chi connectivity index (χ2v) is 4.69. The first-order valence-electron chi connectivity index (χ1n) is 6.52. The molecule has 0 aliphatic carbocycles. The Hall–Kier alpha value is -2.00. The summed E-state index contributed by atoms with van der Waals surface area (Å²) in [7, 11) is 0. The first kappa shape index (κ1) is 12.1. The first-order chi connectivity index (χ1) is 9.34. The predicted octanol–water partition coefficient (Wildman–Crippen LogP) is 3.05. The Morgan fingerprint density at radius 3 is 2.79 bits per heavy atom. The molecule has 0 radical (unpaired) electrons. The van der Waals surface area contributed by atoms with Gasteiger partial charge in [-0.2, -0.15) is 0 Å². The largest absolute Gasteiger partial charge is 0.493 e. The van der Waals surface area contributed by atoms with Gasteiger partial charge in [0.15, 0.2) is 0 Å². The van der Waals surface area contributed by atoms with Gasteiger partial charge in [-0.1, -0.05) is 36.4 Å². The fourth-order valence-electron chi connectivity index (χ4n) is 2.32. The number of nitrogens with two attached hydrogens (primary N) is 1. The highest BCUT2D eigenvalue weighted by Crippen LogP contribution is 2.37. The molecule has 0 bridgehead atoms. The first-order valence-corrected chi connectivity index (χ1v) is 6.52. The van der Waals surface area contributed by atoms with E-state index in [0.717, 1.165) is 29.0 Å².